The second-order valence-electron chi connectivity index (χ2n) is 3.09. The molecule has 0 aliphatic heterocycles. The zero-order chi connectivity index (χ0) is 11.3. The van der Waals surface area contributed by atoms with Gasteiger partial charge in [0.05, 0.1) is 12.5 Å². The predicted molar refractivity (Wildman–Crippen MR) is 67.1 cm³/mol. The summed E-state index contributed by atoms with van der Waals surface area (Å²) in [6.45, 7) is 2.37. The molecule has 0 saturated heterocycles. The fraction of sp³-hybridized carbons (Fsp3) is 0.364. The molecule has 1 aromatic carbocycles. The number of hydrogen-bond donors (Lipinski definition) is 1. The molecule has 0 spiro atoms. The Kier molecular flexibility index (Phi) is 7.13. The fourth-order valence-electron chi connectivity index (χ4n) is 1.31. The summed E-state index contributed by atoms with van der Waals surface area (Å²) >= 11 is 5.75. The SMILES string of the molecule is CCOC(=O)C(CN)c1ccc(Cl)cc1.Cl. The van der Waals surface area contributed by atoms with Gasteiger partial charge in [0.1, 0.15) is 0 Å². The van der Waals surface area contributed by atoms with Crippen molar-refractivity contribution in [1.82, 2.24) is 0 Å². The average molecular weight is 264 g/mol. The molecule has 0 radical (unpaired) electrons. The highest BCUT2D eigenvalue weighted by molar-refractivity contribution is 6.30. The summed E-state index contributed by atoms with van der Waals surface area (Å²) < 4.78 is 4.93. The lowest BCUT2D eigenvalue weighted by atomic mass is 10.00. The van der Waals surface area contributed by atoms with Crippen LogP contribution in [0.2, 0.25) is 5.02 Å². The van der Waals surface area contributed by atoms with Crippen molar-refractivity contribution in [2.45, 2.75) is 12.8 Å². The Labute approximate surface area is 106 Å². The molecule has 1 aromatic rings. The number of rotatable bonds is 4. The number of nitrogens with two attached hydrogens (primary N) is 1. The second-order valence-corrected chi connectivity index (χ2v) is 3.53. The molecule has 1 rings (SSSR count). The van der Waals surface area contributed by atoms with E-state index in [2.05, 4.69) is 0 Å². The lowest BCUT2D eigenvalue weighted by molar-refractivity contribution is -0.144. The molecule has 5 heteroatoms. The Hall–Kier alpha value is -0.770. The van der Waals surface area contributed by atoms with Crippen LogP contribution in [-0.2, 0) is 9.53 Å². The number of benzene rings is 1. The number of carbonyl (C=O) groups excluding carboxylic acids is 1. The van der Waals surface area contributed by atoms with E-state index >= 15 is 0 Å². The van der Waals surface area contributed by atoms with Crippen LogP contribution in [0.5, 0.6) is 0 Å². The molecule has 1 unspecified atom stereocenters. The van der Waals surface area contributed by atoms with Crippen molar-refractivity contribution in [2.24, 2.45) is 5.73 Å². The van der Waals surface area contributed by atoms with E-state index < -0.39 is 5.92 Å². The Morgan fingerprint density at radius 3 is 2.44 bits per heavy atom. The van der Waals surface area contributed by atoms with Crippen molar-refractivity contribution in [1.29, 1.82) is 0 Å². The summed E-state index contributed by atoms with van der Waals surface area (Å²) in [7, 11) is 0. The van der Waals surface area contributed by atoms with Gasteiger partial charge in [-0.2, -0.15) is 0 Å². The Bertz CT molecular complexity index is 327. The minimum atomic E-state index is -0.401. The zero-order valence-corrected chi connectivity index (χ0v) is 10.6. The van der Waals surface area contributed by atoms with Crippen molar-refractivity contribution in [3.63, 3.8) is 0 Å². The Balaban J connectivity index is 0.00000225. The maximum absolute atomic E-state index is 11.5. The Morgan fingerprint density at radius 1 is 1.44 bits per heavy atom. The number of carbonyl (C=O) groups is 1. The molecule has 0 heterocycles. The molecule has 90 valence electrons. The third-order valence-electron chi connectivity index (χ3n) is 2.08. The number of hydrogen-bond acceptors (Lipinski definition) is 3. The van der Waals surface area contributed by atoms with E-state index in [0.29, 0.717) is 11.6 Å². The highest BCUT2D eigenvalue weighted by Gasteiger charge is 2.19. The summed E-state index contributed by atoms with van der Waals surface area (Å²) in [6.07, 6.45) is 0. The number of esters is 1. The van der Waals surface area contributed by atoms with E-state index in [4.69, 9.17) is 22.1 Å². The van der Waals surface area contributed by atoms with Crippen molar-refractivity contribution < 1.29 is 9.53 Å². The lowest BCUT2D eigenvalue weighted by Crippen LogP contribution is -2.23. The molecule has 0 saturated carbocycles. The van der Waals surface area contributed by atoms with Crippen LogP contribution in [-0.4, -0.2) is 19.1 Å². The minimum Gasteiger partial charge on any atom is -0.465 e. The summed E-state index contributed by atoms with van der Waals surface area (Å²) in [5.41, 5.74) is 6.37. The normalized spacial score (nSPS) is 11.4. The molecule has 1 atom stereocenters. The summed E-state index contributed by atoms with van der Waals surface area (Å²) in [6, 6.07) is 7.05. The van der Waals surface area contributed by atoms with E-state index in [1.165, 1.54) is 0 Å². The first kappa shape index (κ1) is 15.2. The highest BCUT2D eigenvalue weighted by atomic mass is 35.5. The molecule has 0 amide bonds. The lowest BCUT2D eigenvalue weighted by Gasteiger charge is -2.13. The van der Waals surface area contributed by atoms with Gasteiger partial charge in [0.15, 0.2) is 0 Å². The predicted octanol–water partition coefficient (Wildman–Crippen LogP) is 2.37. The summed E-state index contributed by atoms with van der Waals surface area (Å²) in [5, 5.41) is 0.637. The van der Waals surface area contributed by atoms with Gasteiger partial charge in [0, 0.05) is 11.6 Å². The van der Waals surface area contributed by atoms with Crippen LogP contribution in [0.25, 0.3) is 0 Å². The molecule has 3 nitrogen and oxygen atoms in total. The van der Waals surface area contributed by atoms with Crippen LogP contribution >= 0.6 is 24.0 Å². The molecular formula is C11H15Cl2NO2. The smallest absolute Gasteiger partial charge is 0.314 e. The molecule has 0 bridgehead atoms. The number of halogens is 2. The summed E-state index contributed by atoms with van der Waals surface area (Å²) in [5.74, 6) is -0.690. The Morgan fingerprint density at radius 2 is 2.00 bits per heavy atom. The highest BCUT2D eigenvalue weighted by Crippen LogP contribution is 2.18. The van der Waals surface area contributed by atoms with Crippen molar-refractivity contribution >= 4 is 30.0 Å². The molecule has 0 aliphatic rings. The van der Waals surface area contributed by atoms with Crippen LogP contribution in [0, 0.1) is 0 Å². The van der Waals surface area contributed by atoms with Gasteiger partial charge >= 0.3 is 5.97 Å². The van der Waals surface area contributed by atoms with Crippen LogP contribution < -0.4 is 5.73 Å². The van der Waals surface area contributed by atoms with Gasteiger partial charge < -0.3 is 10.5 Å². The van der Waals surface area contributed by atoms with E-state index in [9.17, 15) is 4.79 Å². The van der Waals surface area contributed by atoms with Gasteiger partial charge in [0.2, 0.25) is 0 Å². The van der Waals surface area contributed by atoms with Crippen LogP contribution in [0.1, 0.15) is 18.4 Å². The van der Waals surface area contributed by atoms with Crippen LogP contribution in [0.4, 0.5) is 0 Å². The fourth-order valence-corrected chi connectivity index (χ4v) is 1.43. The molecule has 0 fully saturated rings. The van der Waals surface area contributed by atoms with Crippen LogP contribution in [0.3, 0.4) is 0 Å². The first-order valence-electron chi connectivity index (χ1n) is 4.81. The van der Waals surface area contributed by atoms with Gasteiger partial charge in [-0.1, -0.05) is 23.7 Å². The van der Waals surface area contributed by atoms with Gasteiger partial charge in [-0.15, -0.1) is 12.4 Å². The van der Waals surface area contributed by atoms with Crippen molar-refractivity contribution in [2.75, 3.05) is 13.2 Å². The average Bonchev–Trinajstić information content (AvgIpc) is 2.22. The first-order valence-corrected chi connectivity index (χ1v) is 5.19. The maximum atomic E-state index is 11.5. The molecule has 2 N–H and O–H groups in total. The van der Waals surface area contributed by atoms with Gasteiger partial charge in [-0.05, 0) is 24.6 Å². The zero-order valence-electron chi connectivity index (χ0n) is 8.98. The minimum absolute atomic E-state index is 0. The third-order valence-corrected chi connectivity index (χ3v) is 2.33. The van der Waals surface area contributed by atoms with Gasteiger partial charge in [-0.3, -0.25) is 4.79 Å². The monoisotopic (exact) mass is 263 g/mol. The van der Waals surface area contributed by atoms with E-state index in [1.54, 1.807) is 31.2 Å². The summed E-state index contributed by atoms with van der Waals surface area (Å²) in [4.78, 5) is 11.5. The molecule has 0 aromatic heterocycles. The van der Waals surface area contributed by atoms with Gasteiger partial charge in [0.25, 0.3) is 0 Å². The third kappa shape index (κ3) is 4.00. The molecule has 16 heavy (non-hydrogen) atoms. The number of ether oxygens (including phenoxy) is 1. The van der Waals surface area contributed by atoms with E-state index in [-0.39, 0.29) is 24.9 Å². The largest absolute Gasteiger partial charge is 0.465 e. The quantitative estimate of drug-likeness (QED) is 0.849. The van der Waals surface area contributed by atoms with Gasteiger partial charge in [-0.25, -0.2) is 0 Å². The standard InChI is InChI=1S/C11H14ClNO2.ClH/c1-2-15-11(14)10(7-13)8-3-5-9(12)6-4-8;/h3-6,10H,2,7,13H2,1H3;1H. The second kappa shape index (κ2) is 7.49. The maximum Gasteiger partial charge on any atom is 0.314 e. The van der Waals surface area contributed by atoms with Crippen molar-refractivity contribution in [3.05, 3.63) is 34.9 Å². The van der Waals surface area contributed by atoms with Crippen molar-refractivity contribution in [3.8, 4) is 0 Å². The topological polar surface area (TPSA) is 52.3 Å². The van der Waals surface area contributed by atoms with E-state index in [1.807, 2.05) is 0 Å². The van der Waals surface area contributed by atoms with Crippen LogP contribution in [0.15, 0.2) is 24.3 Å². The van der Waals surface area contributed by atoms with E-state index in [0.717, 1.165) is 5.56 Å². The molecular weight excluding hydrogens is 249 g/mol. The first-order chi connectivity index (χ1) is 7.19. The molecule has 0 aliphatic carbocycles.